The first kappa shape index (κ1) is 17.7. The first-order valence-electron chi connectivity index (χ1n) is 6.99. The fourth-order valence-electron chi connectivity index (χ4n) is 2.16. The Labute approximate surface area is 127 Å². The summed E-state index contributed by atoms with van der Waals surface area (Å²) < 4.78 is 25.8. The molecule has 0 radical (unpaired) electrons. The summed E-state index contributed by atoms with van der Waals surface area (Å²) in [5, 5.41) is 0. The second-order valence-electron chi connectivity index (χ2n) is 5.63. The second kappa shape index (κ2) is 7.04. The van der Waals surface area contributed by atoms with Gasteiger partial charge in [-0.25, -0.2) is 13.1 Å². The highest BCUT2D eigenvalue weighted by atomic mass is 32.2. The molecule has 0 aliphatic carbocycles. The molecule has 1 unspecified atom stereocenters. The largest absolute Gasteiger partial charge is 0.339 e. The van der Waals surface area contributed by atoms with Crippen LogP contribution in [0, 0.1) is 5.92 Å². The van der Waals surface area contributed by atoms with Crippen LogP contribution in [0.1, 0.15) is 37.6 Å². The van der Waals surface area contributed by atoms with Crippen molar-refractivity contribution in [2.45, 2.75) is 38.1 Å². The molecule has 6 heteroatoms. The van der Waals surface area contributed by atoms with Crippen LogP contribution in [0.3, 0.4) is 0 Å². The molecule has 0 bridgehead atoms. The minimum absolute atomic E-state index is 0.0979. The first-order chi connectivity index (χ1) is 9.69. The fraction of sp³-hybridized carbons (Fsp3) is 0.533. The Kier molecular flexibility index (Phi) is 5.92. The van der Waals surface area contributed by atoms with Gasteiger partial charge in [-0.05, 0) is 44.5 Å². The van der Waals surface area contributed by atoms with E-state index in [2.05, 4.69) is 18.6 Å². The van der Waals surface area contributed by atoms with Crippen LogP contribution in [0.4, 0.5) is 0 Å². The smallest absolute Gasteiger partial charge is 0.253 e. The molecule has 0 saturated heterocycles. The molecule has 0 fully saturated rings. The maximum absolute atomic E-state index is 12.4. The Morgan fingerprint density at radius 3 is 2.43 bits per heavy atom. The van der Waals surface area contributed by atoms with Crippen molar-refractivity contribution in [2.24, 2.45) is 5.92 Å². The molecule has 0 heterocycles. The van der Waals surface area contributed by atoms with E-state index >= 15 is 0 Å². The van der Waals surface area contributed by atoms with E-state index in [1.165, 1.54) is 19.2 Å². The van der Waals surface area contributed by atoms with E-state index in [4.69, 9.17) is 0 Å². The van der Waals surface area contributed by atoms with Gasteiger partial charge in [0.25, 0.3) is 5.91 Å². The predicted molar refractivity (Wildman–Crippen MR) is 83.7 cm³/mol. The Hall–Kier alpha value is -1.40. The lowest BCUT2D eigenvalue weighted by atomic mass is 10.0. The van der Waals surface area contributed by atoms with Crippen molar-refractivity contribution in [3.8, 4) is 0 Å². The molecule has 0 aliphatic heterocycles. The zero-order chi connectivity index (χ0) is 16.2. The number of hydrogen-bond donors (Lipinski definition) is 1. The van der Waals surface area contributed by atoms with Crippen molar-refractivity contribution in [1.82, 2.24) is 9.62 Å². The highest BCUT2D eigenvalue weighted by Gasteiger charge is 2.20. The number of amides is 1. The number of nitrogens with one attached hydrogen (secondary N) is 1. The van der Waals surface area contributed by atoms with Gasteiger partial charge in [-0.1, -0.05) is 19.9 Å². The van der Waals surface area contributed by atoms with Crippen molar-refractivity contribution >= 4 is 15.9 Å². The van der Waals surface area contributed by atoms with Gasteiger partial charge in [0, 0.05) is 18.7 Å². The minimum atomic E-state index is -3.54. The number of rotatable bonds is 6. The summed E-state index contributed by atoms with van der Waals surface area (Å²) in [5.41, 5.74) is 0.379. The molecule has 0 aliphatic rings. The summed E-state index contributed by atoms with van der Waals surface area (Å²) in [6, 6.07) is 6.20. The molecule has 0 saturated carbocycles. The first-order valence-corrected chi connectivity index (χ1v) is 8.48. The molecule has 118 valence electrons. The minimum Gasteiger partial charge on any atom is -0.339 e. The number of carbonyl (C=O) groups excluding carboxylic acids is 1. The van der Waals surface area contributed by atoms with Crippen molar-refractivity contribution in [2.75, 3.05) is 14.1 Å². The quantitative estimate of drug-likeness (QED) is 0.875. The normalized spacial score (nSPS) is 13.2. The van der Waals surface area contributed by atoms with Gasteiger partial charge in [0.2, 0.25) is 10.0 Å². The van der Waals surface area contributed by atoms with Crippen molar-refractivity contribution in [1.29, 1.82) is 0 Å². The van der Waals surface area contributed by atoms with Crippen LogP contribution >= 0.6 is 0 Å². The second-order valence-corrected chi connectivity index (χ2v) is 7.52. The molecule has 0 spiro atoms. The number of benzene rings is 1. The Balaban J connectivity index is 3.01. The highest BCUT2D eigenvalue weighted by molar-refractivity contribution is 7.89. The summed E-state index contributed by atoms with van der Waals surface area (Å²) in [7, 11) is -0.447. The summed E-state index contributed by atoms with van der Waals surface area (Å²) in [4.78, 5) is 14.2. The monoisotopic (exact) mass is 312 g/mol. The molecular weight excluding hydrogens is 288 g/mol. The van der Waals surface area contributed by atoms with E-state index in [1.54, 1.807) is 24.1 Å². The van der Waals surface area contributed by atoms with Crippen LogP contribution in [0.5, 0.6) is 0 Å². The maximum atomic E-state index is 12.4. The summed E-state index contributed by atoms with van der Waals surface area (Å²) in [6.45, 7) is 6.20. The van der Waals surface area contributed by atoms with E-state index in [-0.39, 0.29) is 16.8 Å². The molecule has 1 atom stereocenters. The van der Waals surface area contributed by atoms with Crippen LogP contribution in [0.15, 0.2) is 29.2 Å². The van der Waals surface area contributed by atoms with Gasteiger partial charge in [0.1, 0.15) is 0 Å². The lowest BCUT2D eigenvalue weighted by Gasteiger charge is -2.26. The lowest BCUT2D eigenvalue weighted by Crippen LogP contribution is -2.36. The van der Waals surface area contributed by atoms with Crippen LogP contribution in [0.25, 0.3) is 0 Å². The zero-order valence-electron chi connectivity index (χ0n) is 13.3. The van der Waals surface area contributed by atoms with Gasteiger partial charge in [0.05, 0.1) is 4.90 Å². The lowest BCUT2D eigenvalue weighted by molar-refractivity contribution is 0.0728. The van der Waals surface area contributed by atoms with E-state index in [9.17, 15) is 13.2 Å². The van der Waals surface area contributed by atoms with Crippen LogP contribution in [-0.4, -0.2) is 39.4 Å². The van der Waals surface area contributed by atoms with Gasteiger partial charge >= 0.3 is 0 Å². The van der Waals surface area contributed by atoms with Crippen molar-refractivity contribution in [3.05, 3.63) is 29.8 Å². The summed E-state index contributed by atoms with van der Waals surface area (Å²) in [6.07, 6.45) is 0.900. The average Bonchev–Trinajstić information content (AvgIpc) is 2.45. The molecule has 1 amide bonds. The standard InChI is InChI=1S/C15H24N2O3S/c1-11(2)9-12(3)17(5)15(18)13-7-6-8-14(10-13)21(19,20)16-4/h6-8,10-12,16H,9H2,1-5H3. The molecule has 0 aromatic heterocycles. The van der Waals surface area contributed by atoms with E-state index in [1.807, 2.05) is 6.92 Å². The van der Waals surface area contributed by atoms with Crippen LogP contribution in [-0.2, 0) is 10.0 Å². The van der Waals surface area contributed by atoms with Crippen LogP contribution in [0.2, 0.25) is 0 Å². The maximum Gasteiger partial charge on any atom is 0.253 e. The number of carbonyl (C=O) groups is 1. The fourth-order valence-corrected chi connectivity index (χ4v) is 2.93. The average molecular weight is 312 g/mol. The van der Waals surface area contributed by atoms with E-state index < -0.39 is 10.0 Å². The Morgan fingerprint density at radius 2 is 1.90 bits per heavy atom. The number of nitrogens with zero attached hydrogens (tertiary/aromatic N) is 1. The van der Waals surface area contributed by atoms with Gasteiger partial charge in [-0.2, -0.15) is 0 Å². The third kappa shape index (κ3) is 4.54. The predicted octanol–water partition coefficient (Wildman–Crippen LogP) is 2.10. The SMILES string of the molecule is CNS(=O)(=O)c1cccc(C(=O)N(C)C(C)CC(C)C)c1. The van der Waals surface area contributed by atoms with Crippen molar-refractivity contribution < 1.29 is 13.2 Å². The van der Waals surface area contributed by atoms with Gasteiger partial charge < -0.3 is 4.90 Å². The Morgan fingerprint density at radius 1 is 1.29 bits per heavy atom. The van der Waals surface area contributed by atoms with Gasteiger partial charge in [-0.15, -0.1) is 0 Å². The molecule has 1 rings (SSSR count). The summed E-state index contributed by atoms with van der Waals surface area (Å²) in [5.74, 6) is 0.322. The van der Waals surface area contributed by atoms with E-state index in [0.717, 1.165) is 6.42 Å². The van der Waals surface area contributed by atoms with Gasteiger partial charge in [-0.3, -0.25) is 4.79 Å². The van der Waals surface area contributed by atoms with Crippen molar-refractivity contribution in [3.63, 3.8) is 0 Å². The third-order valence-corrected chi connectivity index (χ3v) is 4.87. The summed E-state index contributed by atoms with van der Waals surface area (Å²) >= 11 is 0. The topological polar surface area (TPSA) is 66.5 Å². The molecular formula is C15H24N2O3S. The molecule has 1 aromatic rings. The highest BCUT2D eigenvalue weighted by Crippen LogP contribution is 2.16. The van der Waals surface area contributed by atoms with Gasteiger partial charge in [0.15, 0.2) is 0 Å². The molecule has 5 nitrogen and oxygen atoms in total. The Bertz CT molecular complexity index is 597. The molecule has 1 aromatic carbocycles. The number of hydrogen-bond acceptors (Lipinski definition) is 3. The van der Waals surface area contributed by atoms with E-state index in [0.29, 0.717) is 11.5 Å². The zero-order valence-corrected chi connectivity index (χ0v) is 14.1. The molecule has 21 heavy (non-hydrogen) atoms. The number of sulfonamides is 1. The molecule has 1 N–H and O–H groups in total. The third-order valence-electron chi connectivity index (χ3n) is 3.45. The van der Waals surface area contributed by atoms with Crippen LogP contribution < -0.4 is 4.72 Å².